The van der Waals surface area contributed by atoms with Gasteiger partial charge in [0.25, 0.3) is 0 Å². The minimum absolute atomic E-state index is 0.0824. The highest BCUT2D eigenvalue weighted by atomic mass is 16.5. The lowest BCUT2D eigenvalue weighted by atomic mass is 10.0. The van der Waals surface area contributed by atoms with Crippen LogP contribution in [0.25, 0.3) is 11.5 Å². The minimum atomic E-state index is 0.0824. The SMILES string of the molecule is CCc1cccnc1-c1noc(C2CN(C(C)=O)C2)n1. The van der Waals surface area contributed by atoms with E-state index in [0.717, 1.165) is 17.7 Å². The summed E-state index contributed by atoms with van der Waals surface area (Å²) >= 11 is 0. The number of aromatic nitrogens is 3. The molecule has 0 atom stereocenters. The van der Waals surface area contributed by atoms with Crippen LogP contribution in [0.3, 0.4) is 0 Å². The van der Waals surface area contributed by atoms with Crippen molar-refractivity contribution in [3.05, 3.63) is 29.8 Å². The molecule has 104 valence electrons. The van der Waals surface area contributed by atoms with Crippen LogP contribution in [-0.2, 0) is 11.2 Å². The Kier molecular flexibility index (Phi) is 3.22. The number of likely N-dealkylation sites (tertiary alicyclic amines) is 1. The maximum Gasteiger partial charge on any atom is 0.233 e. The fraction of sp³-hybridized carbons (Fsp3) is 0.429. The first-order valence-electron chi connectivity index (χ1n) is 6.72. The average Bonchev–Trinajstić information content (AvgIpc) is 2.85. The van der Waals surface area contributed by atoms with Gasteiger partial charge in [-0.15, -0.1) is 0 Å². The van der Waals surface area contributed by atoms with Crippen molar-refractivity contribution in [3.63, 3.8) is 0 Å². The average molecular weight is 272 g/mol. The number of amides is 1. The second-order valence-electron chi connectivity index (χ2n) is 4.94. The van der Waals surface area contributed by atoms with Gasteiger partial charge in [-0.05, 0) is 18.1 Å². The number of aryl methyl sites for hydroxylation is 1. The highest BCUT2D eigenvalue weighted by molar-refractivity contribution is 5.74. The molecule has 0 unspecified atom stereocenters. The number of carbonyl (C=O) groups is 1. The molecule has 0 spiro atoms. The lowest BCUT2D eigenvalue weighted by Gasteiger charge is -2.36. The Labute approximate surface area is 116 Å². The van der Waals surface area contributed by atoms with Crippen molar-refractivity contribution < 1.29 is 9.32 Å². The molecule has 20 heavy (non-hydrogen) atoms. The molecule has 0 saturated carbocycles. The van der Waals surface area contributed by atoms with Crippen molar-refractivity contribution in [1.29, 1.82) is 0 Å². The monoisotopic (exact) mass is 272 g/mol. The van der Waals surface area contributed by atoms with Crippen LogP contribution in [0.4, 0.5) is 0 Å². The topological polar surface area (TPSA) is 72.1 Å². The first kappa shape index (κ1) is 12.8. The third-order valence-electron chi connectivity index (χ3n) is 3.60. The van der Waals surface area contributed by atoms with Crippen LogP contribution in [0.1, 0.15) is 31.2 Å². The van der Waals surface area contributed by atoms with Crippen molar-refractivity contribution in [2.45, 2.75) is 26.2 Å². The molecule has 6 heteroatoms. The van der Waals surface area contributed by atoms with Gasteiger partial charge in [0, 0.05) is 26.2 Å². The lowest BCUT2D eigenvalue weighted by molar-refractivity contribution is -0.133. The largest absolute Gasteiger partial charge is 0.341 e. The summed E-state index contributed by atoms with van der Waals surface area (Å²) in [6.07, 6.45) is 2.60. The zero-order chi connectivity index (χ0) is 14.1. The van der Waals surface area contributed by atoms with Gasteiger partial charge in [0.15, 0.2) is 0 Å². The molecular weight excluding hydrogens is 256 g/mol. The van der Waals surface area contributed by atoms with Gasteiger partial charge >= 0.3 is 0 Å². The molecule has 1 fully saturated rings. The predicted molar refractivity (Wildman–Crippen MR) is 71.9 cm³/mol. The fourth-order valence-corrected chi connectivity index (χ4v) is 2.31. The molecule has 1 amide bonds. The molecule has 2 aromatic rings. The predicted octanol–water partition coefficient (Wildman–Crippen LogP) is 1.64. The Balaban J connectivity index is 1.79. The molecule has 6 nitrogen and oxygen atoms in total. The summed E-state index contributed by atoms with van der Waals surface area (Å²) < 4.78 is 5.31. The van der Waals surface area contributed by atoms with Gasteiger partial charge in [0.1, 0.15) is 5.69 Å². The van der Waals surface area contributed by atoms with Crippen molar-refractivity contribution in [2.75, 3.05) is 13.1 Å². The van der Waals surface area contributed by atoms with E-state index in [2.05, 4.69) is 22.0 Å². The quantitative estimate of drug-likeness (QED) is 0.849. The van der Waals surface area contributed by atoms with Gasteiger partial charge in [-0.2, -0.15) is 4.98 Å². The summed E-state index contributed by atoms with van der Waals surface area (Å²) in [6, 6.07) is 3.92. The van der Waals surface area contributed by atoms with Crippen LogP contribution in [-0.4, -0.2) is 39.0 Å². The van der Waals surface area contributed by atoms with E-state index >= 15 is 0 Å². The molecule has 1 saturated heterocycles. The summed E-state index contributed by atoms with van der Waals surface area (Å²) in [5.74, 6) is 1.34. The number of rotatable bonds is 3. The standard InChI is InChI=1S/C14H16N4O2/c1-3-10-5-4-6-15-12(10)13-16-14(20-17-13)11-7-18(8-11)9(2)19/h4-6,11H,3,7-8H2,1-2H3. The Morgan fingerprint density at radius 1 is 1.50 bits per heavy atom. The summed E-state index contributed by atoms with van der Waals surface area (Å²) in [7, 11) is 0. The zero-order valence-corrected chi connectivity index (χ0v) is 11.5. The summed E-state index contributed by atoms with van der Waals surface area (Å²) in [5, 5.41) is 4.02. The van der Waals surface area contributed by atoms with Gasteiger partial charge in [0.05, 0.1) is 5.92 Å². The molecule has 3 heterocycles. The zero-order valence-electron chi connectivity index (χ0n) is 11.5. The maximum absolute atomic E-state index is 11.2. The van der Waals surface area contributed by atoms with Crippen molar-refractivity contribution >= 4 is 5.91 Å². The molecular formula is C14H16N4O2. The van der Waals surface area contributed by atoms with E-state index in [-0.39, 0.29) is 11.8 Å². The highest BCUT2D eigenvalue weighted by Gasteiger charge is 2.34. The van der Waals surface area contributed by atoms with Gasteiger partial charge in [-0.25, -0.2) is 0 Å². The fourth-order valence-electron chi connectivity index (χ4n) is 2.31. The Morgan fingerprint density at radius 2 is 2.30 bits per heavy atom. The number of carbonyl (C=O) groups excluding carboxylic acids is 1. The molecule has 1 aliphatic rings. The molecule has 2 aromatic heterocycles. The number of hydrogen-bond acceptors (Lipinski definition) is 5. The first-order chi connectivity index (χ1) is 9.69. The van der Waals surface area contributed by atoms with Crippen molar-refractivity contribution in [1.82, 2.24) is 20.0 Å². The summed E-state index contributed by atoms with van der Waals surface area (Å²) in [6.45, 7) is 4.94. The van der Waals surface area contributed by atoms with Crippen LogP contribution in [0.2, 0.25) is 0 Å². The van der Waals surface area contributed by atoms with E-state index in [1.165, 1.54) is 0 Å². The van der Waals surface area contributed by atoms with E-state index in [1.807, 2.05) is 12.1 Å². The normalized spacial score (nSPS) is 15.2. The molecule has 0 aliphatic carbocycles. The van der Waals surface area contributed by atoms with E-state index in [0.29, 0.717) is 24.8 Å². The van der Waals surface area contributed by atoms with Crippen LogP contribution in [0, 0.1) is 0 Å². The van der Waals surface area contributed by atoms with E-state index in [1.54, 1.807) is 18.0 Å². The third-order valence-corrected chi connectivity index (χ3v) is 3.60. The van der Waals surface area contributed by atoms with Crippen LogP contribution >= 0.6 is 0 Å². The Morgan fingerprint density at radius 3 is 3.00 bits per heavy atom. The summed E-state index contributed by atoms with van der Waals surface area (Å²) in [4.78, 5) is 21.7. The van der Waals surface area contributed by atoms with Gasteiger partial charge in [0.2, 0.25) is 17.6 Å². The number of hydrogen-bond donors (Lipinski definition) is 0. The maximum atomic E-state index is 11.2. The molecule has 0 radical (unpaired) electrons. The highest BCUT2D eigenvalue weighted by Crippen LogP contribution is 2.27. The molecule has 0 N–H and O–H groups in total. The lowest BCUT2D eigenvalue weighted by Crippen LogP contribution is -2.47. The molecule has 3 rings (SSSR count). The van der Waals surface area contributed by atoms with Crippen LogP contribution in [0.15, 0.2) is 22.9 Å². The van der Waals surface area contributed by atoms with Crippen molar-refractivity contribution in [3.8, 4) is 11.5 Å². The minimum Gasteiger partial charge on any atom is -0.341 e. The van der Waals surface area contributed by atoms with E-state index in [9.17, 15) is 4.79 Å². The molecule has 0 aromatic carbocycles. The first-order valence-corrected chi connectivity index (χ1v) is 6.72. The van der Waals surface area contributed by atoms with Crippen LogP contribution < -0.4 is 0 Å². The van der Waals surface area contributed by atoms with E-state index in [4.69, 9.17) is 4.52 Å². The van der Waals surface area contributed by atoms with Gasteiger partial charge in [-0.3, -0.25) is 9.78 Å². The molecule has 0 bridgehead atoms. The third kappa shape index (κ3) is 2.17. The number of pyridine rings is 1. The van der Waals surface area contributed by atoms with E-state index < -0.39 is 0 Å². The van der Waals surface area contributed by atoms with Gasteiger partial charge in [-0.1, -0.05) is 18.1 Å². The Hall–Kier alpha value is -2.24. The second-order valence-corrected chi connectivity index (χ2v) is 4.94. The molecule has 1 aliphatic heterocycles. The number of nitrogens with zero attached hydrogens (tertiary/aromatic N) is 4. The smallest absolute Gasteiger partial charge is 0.233 e. The van der Waals surface area contributed by atoms with Crippen LogP contribution in [0.5, 0.6) is 0 Å². The summed E-state index contributed by atoms with van der Waals surface area (Å²) in [5.41, 5.74) is 1.87. The van der Waals surface area contributed by atoms with Crippen molar-refractivity contribution in [2.24, 2.45) is 0 Å². The second kappa shape index (κ2) is 5.03. The van der Waals surface area contributed by atoms with Gasteiger partial charge < -0.3 is 9.42 Å². The Bertz CT molecular complexity index is 632.